The van der Waals surface area contributed by atoms with Gasteiger partial charge >= 0.3 is 6.03 Å². The van der Waals surface area contributed by atoms with Gasteiger partial charge in [0.15, 0.2) is 0 Å². The minimum atomic E-state index is -1.19. The zero-order valence-corrected chi connectivity index (χ0v) is 17.7. The normalized spacial score (nSPS) is 19.1. The van der Waals surface area contributed by atoms with Crippen molar-refractivity contribution in [3.05, 3.63) is 48.0 Å². The van der Waals surface area contributed by atoms with E-state index in [0.29, 0.717) is 5.56 Å². The maximum Gasteiger partial charge on any atom is 0.325 e. The summed E-state index contributed by atoms with van der Waals surface area (Å²) < 4.78 is 0. The van der Waals surface area contributed by atoms with Gasteiger partial charge in [-0.05, 0) is 50.1 Å². The van der Waals surface area contributed by atoms with Crippen LogP contribution in [0.4, 0.5) is 4.79 Å². The van der Waals surface area contributed by atoms with Gasteiger partial charge in [0.25, 0.3) is 5.91 Å². The predicted octanol–water partition coefficient (Wildman–Crippen LogP) is 2.87. The summed E-state index contributed by atoms with van der Waals surface area (Å²) in [7, 11) is 0. The lowest BCUT2D eigenvalue weighted by atomic mass is 9.90. The maximum atomic E-state index is 13.1. The predicted molar refractivity (Wildman–Crippen MR) is 114 cm³/mol. The molecule has 0 unspecified atom stereocenters. The standard InChI is InChI=1S/C23H27N3O4/c1-15(27)14-22(2,3)24-19(28)11-12-26-20(29)23(4,25-21(26)30)18-10-9-16-7-5-6-8-17(16)13-18/h5-10,13H,11-12,14H2,1-4H3,(H,24,28)(H,25,30)/t23-/m1/s1. The van der Waals surface area contributed by atoms with E-state index in [0.717, 1.165) is 15.7 Å². The number of urea groups is 1. The van der Waals surface area contributed by atoms with Crippen LogP contribution in [0.5, 0.6) is 0 Å². The third-order valence-corrected chi connectivity index (χ3v) is 5.33. The molecule has 0 aliphatic carbocycles. The highest BCUT2D eigenvalue weighted by Gasteiger charge is 2.48. The number of Topliss-reactive ketones (excluding diaryl/α,β-unsaturated/α-hetero) is 1. The molecule has 0 aromatic heterocycles. The second-order valence-electron chi connectivity index (χ2n) is 8.63. The van der Waals surface area contributed by atoms with Gasteiger partial charge in [-0.2, -0.15) is 0 Å². The molecule has 2 N–H and O–H groups in total. The molecule has 1 saturated heterocycles. The average Bonchev–Trinajstić information content (AvgIpc) is 2.87. The van der Waals surface area contributed by atoms with Crippen molar-refractivity contribution in [2.45, 2.75) is 51.6 Å². The number of hydrogen-bond acceptors (Lipinski definition) is 4. The van der Waals surface area contributed by atoms with E-state index in [2.05, 4.69) is 10.6 Å². The fraction of sp³-hybridized carbons (Fsp3) is 0.391. The van der Waals surface area contributed by atoms with Gasteiger partial charge in [-0.15, -0.1) is 0 Å². The van der Waals surface area contributed by atoms with Crippen molar-refractivity contribution >= 4 is 34.4 Å². The number of rotatable bonds is 7. The first kappa shape index (κ1) is 21.5. The fourth-order valence-electron chi connectivity index (χ4n) is 3.92. The van der Waals surface area contributed by atoms with Crippen LogP contribution in [0.3, 0.4) is 0 Å². The summed E-state index contributed by atoms with van der Waals surface area (Å²) in [6, 6.07) is 12.9. The smallest absolute Gasteiger partial charge is 0.325 e. The number of ketones is 1. The Bertz CT molecular complexity index is 1030. The molecule has 1 heterocycles. The van der Waals surface area contributed by atoms with Crippen LogP contribution in [0.2, 0.25) is 0 Å². The number of hydrogen-bond donors (Lipinski definition) is 2. The molecule has 0 radical (unpaired) electrons. The first-order valence-corrected chi connectivity index (χ1v) is 9.96. The van der Waals surface area contributed by atoms with Gasteiger partial charge in [-0.1, -0.05) is 36.4 Å². The van der Waals surface area contributed by atoms with Gasteiger partial charge in [0.2, 0.25) is 5.91 Å². The van der Waals surface area contributed by atoms with E-state index in [9.17, 15) is 19.2 Å². The molecule has 1 aliphatic rings. The number of fused-ring (bicyclic) bond motifs is 1. The molecule has 2 aromatic carbocycles. The number of imide groups is 1. The Morgan fingerprint density at radius 3 is 2.43 bits per heavy atom. The molecule has 2 aromatic rings. The topological polar surface area (TPSA) is 95.6 Å². The van der Waals surface area contributed by atoms with E-state index in [-0.39, 0.29) is 31.1 Å². The van der Waals surface area contributed by atoms with Gasteiger partial charge in [0, 0.05) is 24.9 Å². The van der Waals surface area contributed by atoms with Crippen molar-refractivity contribution in [1.29, 1.82) is 0 Å². The van der Waals surface area contributed by atoms with Crippen LogP contribution in [0.1, 0.15) is 46.1 Å². The Hall–Kier alpha value is -3.22. The number of carbonyl (C=O) groups is 4. The Balaban J connectivity index is 1.71. The number of benzene rings is 2. The van der Waals surface area contributed by atoms with Crippen molar-refractivity contribution in [2.24, 2.45) is 0 Å². The number of carbonyl (C=O) groups excluding carboxylic acids is 4. The monoisotopic (exact) mass is 409 g/mol. The molecule has 0 saturated carbocycles. The Morgan fingerprint density at radius 2 is 1.77 bits per heavy atom. The zero-order valence-electron chi connectivity index (χ0n) is 17.7. The van der Waals surface area contributed by atoms with Crippen molar-refractivity contribution in [2.75, 3.05) is 6.54 Å². The van der Waals surface area contributed by atoms with E-state index in [4.69, 9.17) is 0 Å². The summed E-state index contributed by atoms with van der Waals surface area (Å²) in [4.78, 5) is 50.3. The zero-order chi connectivity index (χ0) is 22.1. The van der Waals surface area contributed by atoms with Crippen LogP contribution in [-0.2, 0) is 19.9 Å². The van der Waals surface area contributed by atoms with Crippen molar-refractivity contribution in [3.8, 4) is 0 Å². The number of nitrogens with one attached hydrogen (secondary N) is 2. The summed E-state index contributed by atoms with van der Waals surface area (Å²) >= 11 is 0. The molecular weight excluding hydrogens is 382 g/mol. The highest BCUT2D eigenvalue weighted by Crippen LogP contribution is 2.31. The fourth-order valence-corrected chi connectivity index (χ4v) is 3.92. The van der Waals surface area contributed by atoms with Crippen LogP contribution in [0.25, 0.3) is 10.8 Å². The quantitative estimate of drug-likeness (QED) is 0.688. The average molecular weight is 409 g/mol. The summed E-state index contributed by atoms with van der Waals surface area (Å²) in [5.74, 6) is -0.736. The number of nitrogens with zero attached hydrogens (tertiary/aromatic N) is 1. The molecule has 0 bridgehead atoms. The second-order valence-corrected chi connectivity index (χ2v) is 8.63. The van der Waals surface area contributed by atoms with E-state index in [1.54, 1.807) is 20.8 Å². The molecule has 7 nitrogen and oxygen atoms in total. The Labute approximate surface area is 175 Å². The van der Waals surface area contributed by atoms with Crippen LogP contribution in [0, 0.1) is 0 Å². The third-order valence-electron chi connectivity index (χ3n) is 5.33. The van der Waals surface area contributed by atoms with Gasteiger partial charge in [0.1, 0.15) is 11.3 Å². The second kappa shape index (κ2) is 7.89. The molecular formula is C23H27N3O4. The summed E-state index contributed by atoms with van der Waals surface area (Å²) in [5.41, 5.74) is -1.18. The van der Waals surface area contributed by atoms with E-state index < -0.39 is 23.0 Å². The Morgan fingerprint density at radius 1 is 1.10 bits per heavy atom. The largest absolute Gasteiger partial charge is 0.351 e. The molecule has 0 spiro atoms. The highest BCUT2D eigenvalue weighted by atomic mass is 16.2. The number of amides is 4. The van der Waals surface area contributed by atoms with Gasteiger partial charge in [-0.25, -0.2) is 4.79 Å². The molecule has 1 atom stereocenters. The summed E-state index contributed by atoms with van der Waals surface area (Å²) in [6.07, 6.45) is 0.177. The molecule has 3 rings (SSSR count). The van der Waals surface area contributed by atoms with Gasteiger partial charge in [0.05, 0.1) is 0 Å². The maximum absolute atomic E-state index is 13.1. The first-order chi connectivity index (χ1) is 14.0. The minimum Gasteiger partial charge on any atom is -0.351 e. The van der Waals surface area contributed by atoms with E-state index in [1.165, 1.54) is 6.92 Å². The molecule has 30 heavy (non-hydrogen) atoms. The van der Waals surface area contributed by atoms with Crippen LogP contribution in [-0.4, -0.2) is 40.6 Å². The lowest BCUT2D eigenvalue weighted by Crippen LogP contribution is -2.46. The van der Waals surface area contributed by atoms with E-state index in [1.807, 2.05) is 42.5 Å². The van der Waals surface area contributed by atoms with Gasteiger partial charge < -0.3 is 10.6 Å². The van der Waals surface area contributed by atoms with Crippen molar-refractivity contribution < 1.29 is 19.2 Å². The lowest BCUT2D eigenvalue weighted by molar-refractivity contribution is -0.131. The minimum absolute atomic E-state index is 0.0273. The van der Waals surface area contributed by atoms with Crippen LogP contribution in [0.15, 0.2) is 42.5 Å². The van der Waals surface area contributed by atoms with Crippen molar-refractivity contribution in [1.82, 2.24) is 15.5 Å². The van der Waals surface area contributed by atoms with Gasteiger partial charge in [-0.3, -0.25) is 19.3 Å². The van der Waals surface area contributed by atoms with Crippen LogP contribution < -0.4 is 10.6 Å². The van der Waals surface area contributed by atoms with Crippen LogP contribution >= 0.6 is 0 Å². The molecule has 4 amide bonds. The summed E-state index contributed by atoms with van der Waals surface area (Å²) in [6.45, 7) is 6.63. The third kappa shape index (κ3) is 4.35. The lowest BCUT2D eigenvalue weighted by Gasteiger charge is -2.25. The first-order valence-electron chi connectivity index (χ1n) is 9.96. The summed E-state index contributed by atoms with van der Waals surface area (Å²) in [5, 5.41) is 7.58. The van der Waals surface area contributed by atoms with Crippen molar-refractivity contribution in [3.63, 3.8) is 0 Å². The molecule has 1 fully saturated rings. The molecule has 158 valence electrons. The SMILES string of the molecule is CC(=O)CC(C)(C)NC(=O)CCN1C(=O)N[C@](C)(c2ccc3ccccc3c2)C1=O. The molecule has 7 heteroatoms. The highest BCUT2D eigenvalue weighted by molar-refractivity contribution is 6.07. The molecule has 1 aliphatic heterocycles. The van der Waals surface area contributed by atoms with E-state index >= 15 is 0 Å². The Kier molecular flexibility index (Phi) is 5.65.